The molecule has 1 fully saturated rings. The third-order valence-electron chi connectivity index (χ3n) is 5.97. The predicted molar refractivity (Wildman–Crippen MR) is 123 cm³/mol. The van der Waals surface area contributed by atoms with E-state index in [-0.39, 0.29) is 33.8 Å². The van der Waals surface area contributed by atoms with Crippen LogP contribution in [0.1, 0.15) is 69.7 Å². The maximum absolute atomic E-state index is 13.0. The van der Waals surface area contributed by atoms with Crippen LogP contribution in [0, 0.1) is 25.7 Å². The van der Waals surface area contributed by atoms with Crippen LogP contribution in [0.2, 0.25) is 0 Å². The summed E-state index contributed by atoms with van der Waals surface area (Å²) < 4.78 is 32.6. The first kappa shape index (κ1) is 24.9. The third kappa shape index (κ3) is 5.25. The fourth-order valence-electron chi connectivity index (χ4n) is 4.56. The van der Waals surface area contributed by atoms with E-state index in [0.717, 1.165) is 6.42 Å². The zero-order valence-corrected chi connectivity index (χ0v) is 20.4. The Morgan fingerprint density at radius 1 is 1.06 bits per heavy atom. The Kier molecular flexibility index (Phi) is 7.23. The first-order chi connectivity index (χ1) is 15.4. The van der Waals surface area contributed by atoms with Gasteiger partial charge in [-0.15, -0.1) is 0 Å². The topological polar surface area (TPSA) is 114 Å². The smallest absolute Gasteiger partial charge is 0.338 e. The molecule has 1 aromatic heterocycles. The van der Waals surface area contributed by atoms with Gasteiger partial charge < -0.3 is 9.72 Å². The highest BCUT2D eigenvalue weighted by atomic mass is 32.2. The van der Waals surface area contributed by atoms with E-state index >= 15 is 0 Å². The SMILES string of the molecule is CC(=O)c1c(C)[nH]c(C(=O)COC(=O)c2ccc(S(=O)(=O)N3C[C@H](C)C[C@@H](C)C3)cc2)c1C. The summed E-state index contributed by atoms with van der Waals surface area (Å²) in [5, 5.41) is 0. The lowest BCUT2D eigenvalue weighted by Crippen LogP contribution is -2.42. The first-order valence-corrected chi connectivity index (χ1v) is 12.4. The van der Waals surface area contributed by atoms with Gasteiger partial charge in [-0.3, -0.25) is 9.59 Å². The molecule has 33 heavy (non-hydrogen) atoms. The molecule has 178 valence electrons. The highest BCUT2D eigenvalue weighted by Gasteiger charge is 2.31. The van der Waals surface area contributed by atoms with E-state index < -0.39 is 28.4 Å². The van der Waals surface area contributed by atoms with Gasteiger partial charge in [0.1, 0.15) is 0 Å². The summed E-state index contributed by atoms with van der Waals surface area (Å²) in [5.74, 6) is -0.770. The van der Waals surface area contributed by atoms with Crippen LogP contribution < -0.4 is 0 Å². The van der Waals surface area contributed by atoms with Crippen LogP contribution in [0.4, 0.5) is 0 Å². The molecule has 1 saturated heterocycles. The van der Waals surface area contributed by atoms with Crippen molar-refractivity contribution in [3.05, 3.63) is 52.3 Å². The van der Waals surface area contributed by atoms with Crippen LogP contribution >= 0.6 is 0 Å². The molecule has 8 nitrogen and oxygen atoms in total. The number of carbonyl (C=O) groups excluding carboxylic acids is 3. The number of hydrogen-bond donors (Lipinski definition) is 1. The molecule has 0 amide bonds. The number of Topliss-reactive ketones (excluding diaryl/α,β-unsaturated/α-hetero) is 2. The molecule has 9 heteroatoms. The normalized spacial score (nSPS) is 19.3. The molecule has 3 rings (SSSR count). The molecule has 2 heterocycles. The van der Waals surface area contributed by atoms with Gasteiger partial charge in [0, 0.05) is 24.3 Å². The fraction of sp³-hybridized carbons (Fsp3) is 0.458. The van der Waals surface area contributed by atoms with Crippen molar-refractivity contribution in [3.8, 4) is 0 Å². The van der Waals surface area contributed by atoms with E-state index in [1.165, 1.54) is 35.5 Å². The lowest BCUT2D eigenvalue weighted by atomic mass is 9.94. The Bertz CT molecular complexity index is 1170. The number of sulfonamides is 1. The lowest BCUT2D eigenvalue weighted by Gasteiger charge is -2.34. The number of aromatic amines is 1. The molecule has 0 bridgehead atoms. The second kappa shape index (κ2) is 9.61. The van der Waals surface area contributed by atoms with Crippen LogP contribution in [-0.2, 0) is 14.8 Å². The number of ketones is 2. The minimum absolute atomic E-state index is 0.116. The Labute approximate surface area is 194 Å². The standard InChI is InChI=1S/C24H30N2O6S/c1-14-10-15(2)12-26(11-14)33(30,31)20-8-6-19(7-9-20)24(29)32-13-21(28)23-16(3)22(18(5)27)17(4)25-23/h6-9,14-15,25H,10-13H2,1-5H3/t14-,15-/m1/s1. The molecular weight excluding hydrogens is 444 g/mol. The van der Waals surface area contributed by atoms with Crippen LogP contribution in [-0.4, -0.2) is 54.9 Å². The zero-order valence-electron chi connectivity index (χ0n) is 19.6. The molecule has 0 radical (unpaired) electrons. The third-order valence-corrected chi connectivity index (χ3v) is 7.81. The van der Waals surface area contributed by atoms with E-state index in [2.05, 4.69) is 4.98 Å². The quantitative estimate of drug-likeness (QED) is 0.485. The molecule has 0 saturated carbocycles. The van der Waals surface area contributed by atoms with E-state index in [1.807, 2.05) is 13.8 Å². The molecule has 1 N–H and O–H groups in total. The fourth-order valence-corrected chi connectivity index (χ4v) is 6.24. The van der Waals surface area contributed by atoms with Crippen molar-refractivity contribution in [2.75, 3.05) is 19.7 Å². The summed E-state index contributed by atoms with van der Waals surface area (Å²) in [6, 6.07) is 5.54. The van der Waals surface area contributed by atoms with Gasteiger partial charge in [0.05, 0.1) is 16.2 Å². The van der Waals surface area contributed by atoms with Crippen molar-refractivity contribution in [2.24, 2.45) is 11.8 Å². The van der Waals surface area contributed by atoms with Gasteiger partial charge in [-0.1, -0.05) is 13.8 Å². The number of ether oxygens (including phenoxy) is 1. The number of aromatic nitrogens is 1. The van der Waals surface area contributed by atoms with E-state index in [4.69, 9.17) is 4.74 Å². The van der Waals surface area contributed by atoms with Crippen molar-refractivity contribution < 1.29 is 27.5 Å². The summed E-state index contributed by atoms with van der Waals surface area (Å²) >= 11 is 0. The molecular formula is C24H30N2O6S. The van der Waals surface area contributed by atoms with Crippen LogP contribution in [0.3, 0.4) is 0 Å². The summed E-state index contributed by atoms with van der Waals surface area (Å²) in [6.45, 7) is 9.31. The van der Waals surface area contributed by atoms with Crippen molar-refractivity contribution in [2.45, 2.75) is 45.9 Å². The molecule has 1 aliphatic heterocycles. The molecule has 0 aliphatic carbocycles. The number of nitrogens with one attached hydrogen (secondary N) is 1. The number of nitrogens with zero attached hydrogens (tertiary/aromatic N) is 1. The van der Waals surface area contributed by atoms with Gasteiger partial charge >= 0.3 is 5.97 Å². The maximum atomic E-state index is 13.0. The maximum Gasteiger partial charge on any atom is 0.338 e. The minimum Gasteiger partial charge on any atom is -0.454 e. The van der Waals surface area contributed by atoms with E-state index in [9.17, 15) is 22.8 Å². The Morgan fingerprint density at radius 3 is 2.15 bits per heavy atom. The average molecular weight is 475 g/mol. The summed E-state index contributed by atoms with van der Waals surface area (Å²) in [7, 11) is -3.65. The Balaban J connectivity index is 1.67. The second-order valence-corrected chi connectivity index (χ2v) is 10.9. The number of hydrogen-bond acceptors (Lipinski definition) is 6. The van der Waals surface area contributed by atoms with Crippen LogP contribution in [0.5, 0.6) is 0 Å². The van der Waals surface area contributed by atoms with Crippen LogP contribution in [0.25, 0.3) is 0 Å². The van der Waals surface area contributed by atoms with Crippen molar-refractivity contribution >= 4 is 27.6 Å². The van der Waals surface area contributed by atoms with Gasteiger partial charge in [0.2, 0.25) is 15.8 Å². The van der Waals surface area contributed by atoms with Crippen molar-refractivity contribution in [1.29, 1.82) is 0 Å². The van der Waals surface area contributed by atoms with Gasteiger partial charge in [-0.05, 0) is 68.9 Å². The van der Waals surface area contributed by atoms with E-state index in [1.54, 1.807) is 13.8 Å². The predicted octanol–water partition coefficient (Wildman–Crippen LogP) is 3.54. The number of aryl methyl sites for hydroxylation is 1. The Morgan fingerprint density at radius 2 is 1.64 bits per heavy atom. The second-order valence-electron chi connectivity index (χ2n) is 8.97. The minimum atomic E-state index is -3.65. The molecule has 0 unspecified atom stereocenters. The molecule has 0 spiro atoms. The summed E-state index contributed by atoms with van der Waals surface area (Å²) in [6.07, 6.45) is 0.993. The first-order valence-electron chi connectivity index (χ1n) is 10.9. The van der Waals surface area contributed by atoms with Gasteiger partial charge in [0.15, 0.2) is 12.4 Å². The molecule has 2 aromatic rings. The van der Waals surface area contributed by atoms with Crippen LogP contribution in [0.15, 0.2) is 29.2 Å². The van der Waals surface area contributed by atoms with Gasteiger partial charge in [0.25, 0.3) is 0 Å². The highest BCUT2D eigenvalue weighted by Crippen LogP contribution is 2.27. The molecule has 2 atom stereocenters. The van der Waals surface area contributed by atoms with Gasteiger partial charge in [-0.25, -0.2) is 13.2 Å². The largest absolute Gasteiger partial charge is 0.454 e. The summed E-state index contributed by atoms with van der Waals surface area (Å²) in [4.78, 5) is 39.6. The lowest BCUT2D eigenvalue weighted by molar-refractivity contribution is 0.0473. The number of H-pyrrole nitrogens is 1. The van der Waals surface area contributed by atoms with Gasteiger partial charge in [-0.2, -0.15) is 4.31 Å². The van der Waals surface area contributed by atoms with Crippen molar-refractivity contribution in [3.63, 3.8) is 0 Å². The Hall–Kier alpha value is -2.78. The highest BCUT2D eigenvalue weighted by molar-refractivity contribution is 7.89. The number of rotatable bonds is 7. The molecule has 1 aromatic carbocycles. The number of esters is 1. The van der Waals surface area contributed by atoms with Crippen molar-refractivity contribution in [1.82, 2.24) is 9.29 Å². The number of piperidine rings is 1. The molecule has 1 aliphatic rings. The van der Waals surface area contributed by atoms with E-state index in [0.29, 0.717) is 29.9 Å². The monoisotopic (exact) mass is 474 g/mol. The number of benzene rings is 1. The average Bonchev–Trinajstić information content (AvgIpc) is 3.05. The number of carbonyl (C=O) groups is 3. The summed E-state index contributed by atoms with van der Waals surface area (Å²) in [5.41, 5.74) is 1.95. The zero-order chi connectivity index (χ0) is 24.5.